The van der Waals surface area contributed by atoms with Crippen molar-refractivity contribution < 1.29 is 19.4 Å². The molecule has 2 N–H and O–H groups in total. The van der Waals surface area contributed by atoms with Gasteiger partial charge in [-0.05, 0) is 48.6 Å². The van der Waals surface area contributed by atoms with Gasteiger partial charge in [0, 0.05) is 5.56 Å². The molecule has 1 saturated heterocycles. The first-order valence-electron chi connectivity index (χ1n) is 7.39. The highest BCUT2D eigenvalue weighted by Crippen LogP contribution is 2.34. The standard InChI is InChI=1S/C16H18N2O4S/c1-21-14-3-2-10(12-9-13(16(19)20)18-17-12)8-15(14)22-11-4-6-23-7-5-11/h2-3,8-9,11H,4-7H2,1H3,(H,17,18)(H,19,20). The molecule has 1 aliphatic rings. The summed E-state index contributed by atoms with van der Waals surface area (Å²) in [6, 6.07) is 7.01. The summed E-state index contributed by atoms with van der Waals surface area (Å²) in [5.74, 6) is 2.51. The molecule has 0 aliphatic carbocycles. The van der Waals surface area contributed by atoms with Crippen molar-refractivity contribution in [2.45, 2.75) is 18.9 Å². The Morgan fingerprint density at radius 1 is 1.30 bits per heavy atom. The molecule has 2 heterocycles. The van der Waals surface area contributed by atoms with Crippen molar-refractivity contribution in [3.63, 3.8) is 0 Å². The highest BCUT2D eigenvalue weighted by atomic mass is 32.2. The van der Waals surface area contributed by atoms with Crippen LogP contribution in [0.1, 0.15) is 23.3 Å². The average Bonchev–Trinajstić information content (AvgIpc) is 3.06. The van der Waals surface area contributed by atoms with Crippen LogP contribution in [0.4, 0.5) is 0 Å². The fourth-order valence-electron chi connectivity index (χ4n) is 2.48. The fourth-order valence-corrected chi connectivity index (χ4v) is 3.54. The molecule has 0 amide bonds. The quantitative estimate of drug-likeness (QED) is 0.874. The molecule has 2 aromatic rings. The van der Waals surface area contributed by atoms with Crippen molar-refractivity contribution in [1.82, 2.24) is 10.2 Å². The van der Waals surface area contributed by atoms with Gasteiger partial charge < -0.3 is 14.6 Å². The second-order valence-corrected chi connectivity index (χ2v) is 6.49. The lowest BCUT2D eigenvalue weighted by atomic mass is 10.1. The van der Waals surface area contributed by atoms with Gasteiger partial charge in [0.15, 0.2) is 11.5 Å². The molecule has 0 unspecified atom stereocenters. The summed E-state index contributed by atoms with van der Waals surface area (Å²) in [5, 5.41) is 15.5. The maximum Gasteiger partial charge on any atom is 0.353 e. The summed E-state index contributed by atoms with van der Waals surface area (Å²) in [5.41, 5.74) is 1.41. The number of aromatic carboxylic acids is 1. The molecule has 0 spiro atoms. The van der Waals surface area contributed by atoms with Crippen molar-refractivity contribution in [3.05, 3.63) is 30.0 Å². The van der Waals surface area contributed by atoms with E-state index in [0.717, 1.165) is 29.9 Å². The number of H-pyrrole nitrogens is 1. The van der Waals surface area contributed by atoms with Crippen LogP contribution >= 0.6 is 11.8 Å². The highest BCUT2D eigenvalue weighted by Gasteiger charge is 2.18. The molecular formula is C16H18N2O4S. The molecule has 0 atom stereocenters. The van der Waals surface area contributed by atoms with Gasteiger partial charge >= 0.3 is 5.97 Å². The van der Waals surface area contributed by atoms with E-state index in [4.69, 9.17) is 14.6 Å². The maximum absolute atomic E-state index is 11.0. The first kappa shape index (κ1) is 15.7. The Bertz CT molecular complexity index is 695. The zero-order valence-electron chi connectivity index (χ0n) is 12.7. The number of methoxy groups -OCH3 is 1. The van der Waals surface area contributed by atoms with Crippen molar-refractivity contribution >= 4 is 17.7 Å². The normalized spacial score (nSPS) is 15.3. The molecule has 23 heavy (non-hydrogen) atoms. The van der Waals surface area contributed by atoms with Crippen LogP contribution < -0.4 is 9.47 Å². The van der Waals surface area contributed by atoms with Crippen LogP contribution in [0.3, 0.4) is 0 Å². The van der Waals surface area contributed by atoms with Gasteiger partial charge in [-0.1, -0.05) is 0 Å². The van der Waals surface area contributed by atoms with Gasteiger partial charge in [0.2, 0.25) is 0 Å². The van der Waals surface area contributed by atoms with E-state index in [1.165, 1.54) is 6.07 Å². The summed E-state index contributed by atoms with van der Waals surface area (Å²) in [4.78, 5) is 11.0. The number of carboxylic acids is 1. The molecule has 0 bridgehead atoms. The van der Waals surface area contributed by atoms with Crippen LogP contribution in [0, 0.1) is 0 Å². The summed E-state index contributed by atoms with van der Waals surface area (Å²) in [6.07, 6.45) is 2.22. The molecule has 7 heteroatoms. The smallest absolute Gasteiger partial charge is 0.353 e. The molecule has 122 valence electrons. The summed E-state index contributed by atoms with van der Waals surface area (Å²) in [7, 11) is 1.61. The monoisotopic (exact) mass is 334 g/mol. The zero-order chi connectivity index (χ0) is 16.2. The number of nitrogens with zero attached hydrogens (tertiary/aromatic N) is 1. The van der Waals surface area contributed by atoms with Gasteiger partial charge in [0.05, 0.1) is 12.8 Å². The summed E-state index contributed by atoms with van der Waals surface area (Å²) < 4.78 is 11.5. The first-order chi connectivity index (χ1) is 11.2. The van der Waals surface area contributed by atoms with E-state index in [1.807, 2.05) is 30.0 Å². The Morgan fingerprint density at radius 2 is 2.09 bits per heavy atom. The molecule has 1 aromatic heterocycles. The van der Waals surface area contributed by atoms with Gasteiger partial charge in [-0.2, -0.15) is 16.9 Å². The largest absolute Gasteiger partial charge is 0.493 e. The molecule has 6 nitrogen and oxygen atoms in total. The zero-order valence-corrected chi connectivity index (χ0v) is 13.6. The van der Waals surface area contributed by atoms with Crippen LogP contribution in [-0.4, -0.2) is 46.0 Å². The Labute approximate surface area is 138 Å². The first-order valence-corrected chi connectivity index (χ1v) is 8.54. The van der Waals surface area contributed by atoms with Crippen LogP contribution in [0.25, 0.3) is 11.3 Å². The number of thioether (sulfide) groups is 1. The van der Waals surface area contributed by atoms with E-state index < -0.39 is 5.97 Å². The van der Waals surface area contributed by atoms with E-state index in [-0.39, 0.29) is 11.8 Å². The molecule has 1 fully saturated rings. The molecule has 0 saturated carbocycles. The van der Waals surface area contributed by atoms with Gasteiger partial charge in [0.25, 0.3) is 0 Å². The number of rotatable bonds is 5. The third-order valence-corrected chi connectivity index (χ3v) is 4.78. The SMILES string of the molecule is COc1ccc(-c2cc(C(=O)O)[nH]n2)cc1OC1CCSCC1. The third-order valence-electron chi connectivity index (χ3n) is 3.73. The number of nitrogens with one attached hydrogen (secondary N) is 1. The van der Waals surface area contributed by atoms with Crippen molar-refractivity contribution in [1.29, 1.82) is 0 Å². The number of carbonyl (C=O) groups is 1. The fraction of sp³-hybridized carbons (Fsp3) is 0.375. The maximum atomic E-state index is 11.0. The lowest BCUT2D eigenvalue weighted by Gasteiger charge is -2.24. The van der Waals surface area contributed by atoms with E-state index in [2.05, 4.69) is 10.2 Å². The number of ether oxygens (including phenoxy) is 2. The van der Waals surface area contributed by atoms with Crippen LogP contribution in [0.2, 0.25) is 0 Å². The Balaban J connectivity index is 1.86. The number of aromatic amines is 1. The minimum Gasteiger partial charge on any atom is -0.493 e. The topological polar surface area (TPSA) is 84.4 Å². The Hall–Kier alpha value is -2.15. The number of hydrogen-bond acceptors (Lipinski definition) is 5. The number of benzene rings is 1. The molecule has 1 aliphatic heterocycles. The van der Waals surface area contributed by atoms with E-state index in [0.29, 0.717) is 17.2 Å². The second-order valence-electron chi connectivity index (χ2n) is 5.27. The summed E-state index contributed by atoms with van der Waals surface area (Å²) in [6.45, 7) is 0. The van der Waals surface area contributed by atoms with Crippen molar-refractivity contribution in [2.24, 2.45) is 0 Å². The molecular weight excluding hydrogens is 316 g/mol. The molecule has 1 aromatic carbocycles. The van der Waals surface area contributed by atoms with Gasteiger partial charge in [-0.15, -0.1) is 0 Å². The van der Waals surface area contributed by atoms with Crippen LogP contribution in [0.15, 0.2) is 24.3 Å². The molecule has 3 rings (SSSR count). The number of hydrogen-bond donors (Lipinski definition) is 2. The van der Waals surface area contributed by atoms with Crippen LogP contribution in [0.5, 0.6) is 11.5 Å². The van der Waals surface area contributed by atoms with Gasteiger partial charge in [-0.3, -0.25) is 5.10 Å². The minimum atomic E-state index is -1.03. The number of carboxylic acid groups (broad SMARTS) is 1. The minimum absolute atomic E-state index is 0.0580. The average molecular weight is 334 g/mol. The van der Waals surface area contributed by atoms with E-state index in [9.17, 15) is 4.79 Å². The lowest BCUT2D eigenvalue weighted by molar-refractivity contribution is 0.0690. The second kappa shape index (κ2) is 6.95. The van der Waals surface area contributed by atoms with Crippen molar-refractivity contribution in [3.8, 4) is 22.8 Å². The van der Waals surface area contributed by atoms with Crippen molar-refractivity contribution in [2.75, 3.05) is 18.6 Å². The highest BCUT2D eigenvalue weighted by molar-refractivity contribution is 7.99. The van der Waals surface area contributed by atoms with E-state index in [1.54, 1.807) is 7.11 Å². The third kappa shape index (κ3) is 3.61. The lowest BCUT2D eigenvalue weighted by Crippen LogP contribution is -2.22. The van der Waals surface area contributed by atoms with Gasteiger partial charge in [-0.25, -0.2) is 4.79 Å². The Morgan fingerprint density at radius 3 is 2.74 bits per heavy atom. The number of aromatic nitrogens is 2. The van der Waals surface area contributed by atoms with Gasteiger partial charge in [0.1, 0.15) is 11.8 Å². The molecule has 0 radical (unpaired) electrons. The van der Waals surface area contributed by atoms with Crippen LogP contribution in [-0.2, 0) is 0 Å². The predicted octanol–water partition coefficient (Wildman–Crippen LogP) is 3.06. The summed E-state index contributed by atoms with van der Waals surface area (Å²) >= 11 is 1.94. The Kier molecular flexibility index (Phi) is 4.76. The van der Waals surface area contributed by atoms with E-state index >= 15 is 0 Å². The predicted molar refractivity (Wildman–Crippen MR) is 88.5 cm³/mol.